The SMILES string of the molecule is C/C=C1/N=C(c2ccccc2)N(c2nc(C)cc(=O)[nH]2)C1=O. The van der Waals surface area contributed by atoms with E-state index in [0.717, 1.165) is 5.56 Å². The van der Waals surface area contributed by atoms with Crippen LogP contribution in [0.15, 0.2) is 58.0 Å². The number of allylic oxidation sites excluding steroid dienone is 1. The van der Waals surface area contributed by atoms with E-state index in [1.54, 1.807) is 19.9 Å². The molecule has 6 nitrogen and oxygen atoms in total. The Balaban J connectivity index is 2.17. The Kier molecular flexibility index (Phi) is 3.42. The summed E-state index contributed by atoms with van der Waals surface area (Å²) in [6.07, 6.45) is 1.64. The van der Waals surface area contributed by atoms with E-state index in [2.05, 4.69) is 15.0 Å². The van der Waals surface area contributed by atoms with Gasteiger partial charge in [-0.2, -0.15) is 0 Å². The summed E-state index contributed by atoms with van der Waals surface area (Å²) in [5, 5.41) is 0. The van der Waals surface area contributed by atoms with Gasteiger partial charge in [0.25, 0.3) is 11.5 Å². The van der Waals surface area contributed by atoms with Crippen LogP contribution in [0, 0.1) is 6.92 Å². The number of rotatable bonds is 2. The standard InChI is InChI=1S/C16H14N4O2/c1-3-12-15(22)20(16-17-10(2)9-13(21)19-16)14(18-12)11-7-5-4-6-8-11/h3-9H,1-2H3,(H,17,19,21)/b12-3+. The summed E-state index contributed by atoms with van der Waals surface area (Å²) in [5.74, 6) is 0.317. The number of benzene rings is 1. The van der Waals surface area contributed by atoms with E-state index in [0.29, 0.717) is 17.2 Å². The van der Waals surface area contributed by atoms with Gasteiger partial charge in [-0.05, 0) is 13.8 Å². The van der Waals surface area contributed by atoms with E-state index >= 15 is 0 Å². The number of nitrogens with zero attached hydrogens (tertiary/aromatic N) is 3. The molecule has 0 spiro atoms. The van der Waals surface area contributed by atoms with E-state index in [9.17, 15) is 9.59 Å². The van der Waals surface area contributed by atoms with Crippen molar-refractivity contribution >= 4 is 17.7 Å². The van der Waals surface area contributed by atoms with E-state index in [-0.39, 0.29) is 17.4 Å². The normalized spacial score (nSPS) is 16.3. The summed E-state index contributed by atoms with van der Waals surface area (Å²) in [7, 11) is 0. The van der Waals surface area contributed by atoms with Gasteiger partial charge in [0.15, 0.2) is 5.84 Å². The van der Waals surface area contributed by atoms with Crippen LogP contribution in [0.2, 0.25) is 0 Å². The van der Waals surface area contributed by atoms with Gasteiger partial charge >= 0.3 is 0 Å². The van der Waals surface area contributed by atoms with Gasteiger partial charge in [-0.3, -0.25) is 14.6 Å². The molecule has 1 amide bonds. The van der Waals surface area contributed by atoms with Crippen LogP contribution in [0.4, 0.5) is 5.95 Å². The molecule has 1 aliphatic rings. The van der Waals surface area contributed by atoms with Crippen molar-refractivity contribution in [2.24, 2.45) is 4.99 Å². The third-order valence-corrected chi connectivity index (χ3v) is 3.23. The van der Waals surface area contributed by atoms with Crippen LogP contribution in [-0.4, -0.2) is 21.7 Å². The van der Waals surface area contributed by atoms with Gasteiger partial charge in [0.1, 0.15) is 5.70 Å². The molecule has 2 heterocycles. The summed E-state index contributed by atoms with van der Waals surface area (Å²) in [5.41, 5.74) is 1.32. The number of aryl methyl sites for hydroxylation is 1. The second-order valence-electron chi connectivity index (χ2n) is 4.83. The third-order valence-electron chi connectivity index (χ3n) is 3.23. The number of nitrogens with one attached hydrogen (secondary N) is 1. The summed E-state index contributed by atoms with van der Waals surface area (Å²) in [6, 6.07) is 10.7. The number of H-pyrrole nitrogens is 1. The fourth-order valence-corrected chi connectivity index (χ4v) is 2.26. The molecule has 110 valence electrons. The van der Waals surface area contributed by atoms with Crippen molar-refractivity contribution in [3.63, 3.8) is 0 Å². The molecule has 22 heavy (non-hydrogen) atoms. The average Bonchev–Trinajstić information content (AvgIpc) is 2.84. The first-order valence-electron chi connectivity index (χ1n) is 6.83. The monoisotopic (exact) mass is 294 g/mol. The molecule has 1 aromatic heterocycles. The molecular weight excluding hydrogens is 280 g/mol. The van der Waals surface area contributed by atoms with Gasteiger partial charge < -0.3 is 0 Å². The lowest BCUT2D eigenvalue weighted by molar-refractivity contribution is -0.113. The molecule has 0 fully saturated rings. The first kappa shape index (κ1) is 13.9. The minimum Gasteiger partial charge on any atom is -0.292 e. The molecule has 1 aliphatic heterocycles. The number of aromatic amines is 1. The summed E-state index contributed by atoms with van der Waals surface area (Å²) in [4.78, 5) is 36.8. The number of hydrogen-bond acceptors (Lipinski definition) is 4. The van der Waals surface area contributed by atoms with E-state index in [1.807, 2.05) is 30.3 Å². The van der Waals surface area contributed by atoms with Crippen molar-refractivity contribution in [3.8, 4) is 0 Å². The maximum absolute atomic E-state index is 12.5. The van der Waals surface area contributed by atoms with Crippen LogP contribution in [-0.2, 0) is 4.79 Å². The smallest absolute Gasteiger partial charge is 0.284 e. The highest BCUT2D eigenvalue weighted by Gasteiger charge is 2.33. The van der Waals surface area contributed by atoms with Gasteiger partial charge in [-0.15, -0.1) is 0 Å². The number of carbonyl (C=O) groups excluding carboxylic acids is 1. The molecule has 0 bridgehead atoms. The van der Waals surface area contributed by atoms with Gasteiger partial charge in [-0.1, -0.05) is 36.4 Å². The third kappa shape index (κ3) is 2.35. The van der Waals surface area contributed by atoms with Gasteiger partial charge in [0.05, 0.1) is 0 Å². The molecule has 2 aromatic rings. The largest absolute Gasteiger partial charge is 0.292 e. The highest BCUT2D eigenvalue weighted by atomic mass is 16.2. The van der Waals surface area contributed by atoms with Crippen molar-refractivity contribution in [2.75, 3.05) is 4.90 Å². The van der Waals surface area contributed by atoms with Crippen molar-refractivity contribution in [1.82, 2.24) is 9.97 Å². The second-order valence-corrected chi connectivity index (χ2v) is 4.83. The van der Waals surface area contributed by atoms with Crippen LogP contribution < -0.4 is 10.5 Å². The van der Waals surface area contributed by atoms with Gasteiger partial charge in [-0.25, -0.2) is 14.9 Å². The second kappa shape index (κ2) is 5.40. The molecule has 0 aliphatic carbocycles. The molecule has 0 radical (unpaired) electrons. The number of carbonyl (C=O) groups is 1. The molecule has 6 heteroatoms. The zero-order valence-corrected chi connectivity index (χ0v) is 12.2. The number of aromatic nitrogens is 2. The van der Waals surface area contributed by atoms with Crippen molar-refractivity contribution < 1.29 is 4.79 Å². The predicted molar refractivity (Wildman–Crippen MR) is 83.8 cm³/mol. The van der Waals surface area contributed by atoms with Crippen LogP contribution in [0.25, 0.3) is 0 Å². The van der Waals surface area contributed by atoms with Crippen LogP contribution in [0.5, 0.6) is 0 Å². The lowest BCUT2D eigenvalue weighted by Crippen LogP contribution is -2.35. The van der Waals surface area contributed by atoms with Crippen LogP contribution >= 0.6 is 0 Å². The van der Waals surface area contributed by atoms with E-state index in [1.165, 1.54) is 11.0 Å². The summed E-state index contributed by atoms with van der Waals surface area (Å²) >= 11 is 0. The fraction of sp³-hybridized carbons (Fsp3) is 0.125. The van der Waals surface area contributed by atoms with Crippen molar-refractivity contribution in [1.29, 1.82) is 0 Å². The topological polar surface area (TPSA) is 78.4 Å². The van der Waals surface area contributed by atoms with Gasteiger partial charge in [0, 0.05) is 17.3 Å². The molecule has 0 saturated carbocycles. The molecule has 0 saturated heterocycles. The molecular formula is C16H14N4O2. The average molecular weight is 294 g/mol. The number of hydrogen-bond donors (Lipinski definition) is 1. The quantitative estimate of drug-likeness (QED) is 0.857. The maximum atomic E-state index is 12.5. The molecule has 3 rings (SSSR count). The molecule has 1 N–H and O–H groups in total. The fourth-order valence-electron chi connectivity index (χ4n) is 2.26. The first-order chi connectivity index (χ1) is 10.6. The number of anilines is 1. The number of amidine groups is 1. The van der Waals surface area contributed by atoms with E-state index < -0.39 is 0 Å². The van der Waals surface area contributed by atoms with Gasteiger partial charge in [0.2, 0.25) is 5.95 Å². The Morgan fingerprint density at radius 2 is 1.91 bits per heavy atom. The molecule has 0 atom stereocenters. The Morgan fingerprint density at radius 3 is 2.55 bits per heavy atom. The maximum Gasteiger partial charge on any atom is 0.284 e. The number of amides is 1. The predicted octanol–water partition coefficient (Wildman–Crippen LogP) is 1.78. The molecule has 0 unspecified atom stereocenters. The Bertz CT molecular complexity index is 850. The van der Waals surface area contributed by atoms with Crippen molar-refractivity contribution in [3.05, 3.63) is 69.8 Å². The minimum absolute atomic E-state index is 0.175. The number of aliphatic imine (C=N–C) groups is 1. The summed E-state index contributed by atoms with van der Waals surface area (Å²) < 4.78 is 0. The Labute approximate surface area is 126 Å². The van der Waals surface area contributed by atoms with Crippen LogP contribution in [0.1, 0.15) is 18.2 Å². The highest BCUT2D eigenvalue weighted by molar-refractivity contribution is 6.31. The first-order valence-corrected chi connectivity index (χ1v) is 6.83. The van der Waals surface area contributed by atoms with E-state index in [4.69, 9.17) is 0 Å². The molecule has 1 aromatic carbocycles. The van der Waals surface area contributed by atoms with Crippen molar-refractivity contribution in [2.45, 2.75) is 13.8 Å². The lowest BCUT2D eigenvalue weighted by atomic mass is 10.2. The lowest BCUT2D eigenvalue weighted by Gasteiger charge is -2.16. The minimum atomic E-state index is -0.310. The Morgan fingerprint density at radius 1 is 1.18 bits per heavy atom. The highest BCUT2D eigenvalue weighted by Crippen LogP contribution is 2.23. The zero-order chi connectivity index (χ0) is 15.7. The van der Waals surface area contributed by atoms with Crippen LogP contribution in [0.3, 0.4) is 0 Å². The zero-order valence-electron chi connectivity index (χ0n) is 12.2. The Hall–Kier alpha value is -3.02. The summed E-state index contributed by atoms with van der Waals surface area (Å²) in [6.45, 7) is 3.45.